The maximum absolute atomic E-state index is 12.0. The Labute approximate surface area is 142 Å². The van der Waals surface area contributed by atoms with Crippen molar-refractivity contribution in [2.75, 3.05) is 11.9 Å². The first-order valence-corrected chi connectivity index (χ1v) is 8.68. The van der Waals surface area contributed by atoms with Crippen LogP contribution in [-0.4, -0.2) is 28.8 Å². The lowest BCUT2D eigenvalue weighted by atomic mass is 10.2. The molecule has 22 heavy (non-hydrogen) atoms. The first-order valence-electron chi connectivity index (χ1n) is 7.01. The molecule has 0 radical (unpaired) electrons. The SMILES string of the molecule is CC(C)CN=C1NC(=O)C(CC(=O)Nc2ccc(Br)cc2)S1. The quantitative estimate of drug-likeness (QED) is 0.820. The second-order valence-corrected chi connectivity index (χ2v) is 7.50. The van der Waals surface area contributed by atoms with Gasteiger partial charge < -0.3 is 10.6 Å². The van der Waals surface area contributed by atoms with E-state index in [0.29, 0.717) is 23.3 Å². The monoisotopic (exact) mass is 383 g/mol. The predicted octanol–water partition coefficient (Wildman–Crippen LogP) is 3.02. The average molecular weight is 384 g/mol. The number of carbonyl (C=O) groups excluding carboxylic acids is 2. The van der Waals surface area contributed by atoms with Gasteiger partial charge in [-0.15, -0.1) is 0 Å². The first kappa shape index (κ1) is 17.0. The molecular weight excluding hydrogens is 366 g/mol. The van der Waals surface area contributed by atoms with Crippen LogP contribution in [0.15, 0.2) is 33.7 Å². The van der Waals surface area contributed by atoms with Crippen LogP contribution in [0, 0.1) is 5.92 Å². The Morgan fingerprint density at radius 3 is 2.73 bits per heavy atom. The van der Waals surface area contributed by atoms with Crippen LogP contribution in [0.4, 0.5) is 5.69 Å². The van der Waals surface area contributed by atoms with E-state index in [1.54, 1.807) is 12.1 Å². The number of benzene rings is 1. The number of carbonyl (C=O) groups is 2. The van der Waals surface area contributed by atoms with E-state index in [-0.39, 0.29) is 18.2 Å². The summed E-state index contributed by atoms with van der Waals surface area (Å²) in [5.41, 5.74) is 0.713. The Hall–Kier alpha value is -1.34. The van der Waals surface area contributed by atoms with Crippen molar-refractivity contribution in [3.05, 3.63) is 28.7 Å². The molecule has 7 heteroatoms. The van der Waals surface area contributed by atoms with E-state index in [1.807, 2.05) is 12.1 Å². The standard InChI is InChI=1S/C15H18BrN3O2S/c1-9(2)8-17-15-19-14(21)12(22-15)7-13(20)18-11-5-3-10(16)4-6-11/h3-6,9,12H,7-8H2,1-2H3,(H,18,20)(H,17,19,21). The third-order valence-corrected chi connectivity index (χ3v) is 4.52. The molecule has 2 amide bonds. The summed E-state index contributed by atoms with van der Waals surface area (Å²) >= 11 is 4.66. The molecule has 2 rings (SSSR count). The van der Waals surface area contributed by atoms with Crippen molar-refractivity contribution in [2.24, 2.45) is 10.9 Å². The highest BCUT2D eigenvalue weighted by atomic mass is 79.9. The topological polar surface area (TPSA) is 70.6 Å². The number of hydrogen-bond acceptors (Lipinski definition) is 4. The first-order chi connectivity index (χ1) is 10.4. The van der Waals surface area contributed by atoms with Gasteiger partial charge in [0.1, 0.15) is 5.25 Å². The minimum absolute atomic E-state index is 0.132. The van der Waals surface area contributed by atoms with Crippen molar-refractivity contribution in [3.63, 3.8) is 0 Å². The molecule has 0 saturated carbocycles. The third-order valence-electron chi connectivity index (χ3n) is 2.88. The van der Waals surface area contributed by atoms with Gasteiger partial charge >= 0.3 is 0 Å². The normalized spacial score (nSPS) is 19.5. The van der Waals surface area contributed by atoms with E-state index in [9.17, 15) is 9.59 Å². The Morgan fingerprint density at radius 2 is 2.09 bits per heavy atom. The molecule has 2 N–H and O–H groups in total. The summed E-state index contributed by atoms with van der Waals surface area (Å²) in [5, 5.41) is 5.71. The number of halogens is 1. The zero-order valence-corrected chi connectivity index (χ0v) is 14.8. The van der Waals surface area contributed by atoms with Gasteiger partial charge in [-0.1, -0.05) is 41.5 Å². The molecular formula is C15H18BrN3O2S. The summed E-state index contributed by atoms with van der Waals surface area (Å²) in [6.07, 6.45) is 0.132. The van der Waals surface area contributed by atoms with E-state index >= 15 is 0 Å². The summed E-state index contributed by atoms with van der Waals surface area (Å²) < 4.78 is 0.947. The number of thioether (sulfide) groups is 1. The molecule has 1 aliphatic rings. The number of amidine groups is 1. The fourth-order valence-electron chi connectivity index (χ4n) is 1.79. The van der Waals surface area contributed by atoms with Gasteiger partial charge in [0, 0.05) is 23.1 Å². The summed E-state index contributed by atoms with van der Waals surface area (Å²) in [5.74, 6) is 0.100. The maximum Gasteiger partial charge on any atom is 0.240 e. The lowest BCUT2D eigenvalue weighted by Gasteiger charge is -2.07. The third kappa shape index (κ3) is 5.14. The summed E-state index contributed by atoms with van der Waals surface area (Å²) in [4.78, 5) is 28.2. The molecule has 1 aliphatic heterocycles. The molecule has 5 nitrogen and oxygen atoms in total. The molecule has 0 aromatic heterocycles. The van der Waals surface area contributed by atoms with Gasteiger partial charge in [0.05, 0.1) is 0 Å². The summed E-state index contributed by atoms with van der Waals surface area (Å²) in [6.45, 7) is 4.80. The van der Waals surface area contributed by atoms with Gasteiger partial charge in [0.2, 0.25) is 11.8 Å². The van der Waals surface area contributed by atoms with Crippen LogP contribution in [0.5, 0.6) is 0 Å². The number of anilines is 1. The molecule has 0 aliphatic carbocycles. The van der Waals surface area contributed by atoms with Gasteiger partial charge in [0.25, 0.3) is 0 Å². The van der Waals surface area contributed by atoms with E-state index in [1.165, 1.54) is 11.8 Å². The van der Waals surface area contributed by atoms with Gasteiger partial charge in [-0.3, -0.25) is 14.6 Å². The van der Waals surface area contributed by atoms with Crippen LogP contribution in [-0.2, 0) is 9.59 Å². The fourth-order valence-corrected chi connectivity index (χ4v) is 3.04. The Bertz CT molecular complexity index is 587. The van der Waals surface area contributed by atoms with E-state index < -0.39 is 5.25 Å². The summed E-state index contributed by atoms with van der Waals surface area (Å²) in [7, 11) is 0. The molecule has 1 heterocycles. The van der Waals surface area contributed by atoms with Crippen LogP contribution in [0.2, 0.25) is 0 Å². The van der Waals surface area contributed by atoms with Crippen LogP contribution in [0.3, 0.4) is 0 Å². The molecule has 1 saturated heterocycles. The van der Waals surface area contributed by atoms with Crippen molar-refractivity contribution < 1.29 is 9.59 Å². The zero-order chi connectivity index (χ0) is 16.1. The lowest BCUT2D eigenvalue weighted by Crippen LogP contribution is -2.28. The van der Waals surface area contributed by atoms with Crippen molar-refractivity contribution in [1.29, 1.82) is 0 Å². The summed E-state index contributed by atoms with van der Waals surface area (Å²) in [6, 6.07) is 7.31. The number of nitrogens with zero attached hydrogens (tertiary/aromatic N) is 1. The Balaban J connectivity index is 1.87. The van der Waals surface area contributed by atoms with Crippen LogP contribution in [0.1, 0.15) is 20.3 Å². The van der Waals surface area contributed by atoms with E-state index in [2.05, 4.69) is 45.4 Å². The molecule has 0 bridgehead atoms. The highest BCUT2D eigenvalue weighted by Crippen LogP contribution is 2.23. The van der Waals surface area contributed by atoms with E-state index in [0.717, 1.165) is 4.47 Å². The minimum Gasteiger partial charge on any atom is -0.326 e. The largest absolute Gasteiger partial charge is 0.326 e. The molecule has 1 aromatic carbocycles. The van der Waals surface area contributed by atoms with Crippen molar-refractivity contribution in [3.8, 4) is 0 Å². The number of rotatable bonds is 5. The Morgan fingerprint density at radius 1 is 1.41 bits per heavy atom. The predicted molar refractivity (Wildman–Crippen MR) is 94.1 cm³/mol. The molecule has 1 aromatic rings. The fraction of sp³-hybridized carbons (Fsp3) is 0.400. The molecule has 1 fully saturated rings. The van der Waals surface area contributed by atoms with Gasteiger partial charge in [-0.2, -0.15) is 0 Å². The van der Waals surface area contributed by atoms with Crippen LogP contribution < -0.4 is 10.6 Å². The van der Waals surface area contributed by atoms with Crippen molar-refractivity contribution in [2.45, 2.75) is 25.5 Å². The maximum atomic E-state index is 12.0. The number of amides is 2. The molecule has 118 valence electrons. The van der Waals surface area contributed by atoms with Crippen molar-refractivity contribution >= 4 is 50.4 Å². The van der Waals surface area contributed by atoms with E-state index in [4.69, 9.17) is 0 Å². The number of nitrogens with one attached hydrogen (secondary N) is 2. The highest BCUT2D eigenvalue weighted by molar-refractivity contribution is 9.10. The van der Waals surface area contributed by atoms with Crippen LogP contribution in [0.25, 0.3) is 0 Å². The van der Waals surface area contributed by atoms with Crippen molar-refractivity contribution in [1.82, 2.24) is 5.32 Å². The number of hydrogen-bond donors (Lipinski definition) is 2. The smallest absolute Gasteiger partial charge is 0.240 e. The Kier molecular flexibility index (Phi) is 6.02. The minimum atomic E-state index is -0.415. The van der Waals surface area contributed by atoms with Gasteiger partial charge in [0.15, 0.2) is 5.17 Å². The van der Waals surface area contributed by atoms with Crippen LogP contribution >= 0.6 is 27.7 Å². The van der Waals surface area contributed by atoms with Gasteiger partial charge in [-0.05, 0) is 30.2 Å². The zero-order valence-electron chi connectivity index (χ0n) is 12.4. The molecule has 0 spiro atoms. The second-order valence-electron chi connectivity index (χ2n) is 5.39. The number of aliphatic imine (C=N–C) groups is 1. The molecule has 1 unspecified atom stereocenters. The second kappa shape index (κ2) is 7.78. The molecule has 1 atom stereocenters. The average Bonchev–Trinajstić information content (AvgIpc) is 2.79. The van der Waals surface area contributed by atoms with Gasteiger partial charge in [-0.25, -0.2) is 0 Å². The lowest BCUT2D eigenvalue weighted by molar-refractivity contribution is -0.122. The highest BCUT2D eigenvalue weighted by Gasteiger charge is 2.31.